The SMILES string of the molecule is CC(C)NCC(=O)N(C)Cc1cc(Br)cs1. The van der Waals surface area contributed by atoms with Crippen LogP contribution in [0.4, 0.5) is 0 Å². The van der Waals surface area contributed by atoms with Gasteiger partial charge < -0.3 is 10.2 Å². The van der Waals surface area contributed by atoms with Gasteiger partial charge in [0.05, 0.1) is 13.1 Å². The topological polar surface area (TPSA) is 32.3 Å². The Kier molecular flexibility index (Phi) is 5.44. The quantitative estimate of drug-likeness (QED) is 0.906. The van der Waals surface area contributed by atoms with Crippen LogP contribution in [0.2, 0.25) is 0 Å². The number of nitrogens with one attached hydrogen (secondary N) is 1. The average Bonchev–Trinajstić information content (AvgIpc) is 2.60. The number of carbonyl (C=O) groups excluding carboxylic acids is 1. The molecule has 3 nitrogen and oxygen atoms in total. The Labute approximate surface area is 109 Å². The molecule has 90 valence electrons. The van der Waals surface area contributed by atoms with E-state index in [1.165, 1.54) is 4.88 Å². The highest BCUT2D eigenvalue weighted by molar-refractivity contribution is 9.10. The van der Waals surface area contributed by atoms with Gasteiger partial charge in [0.1, 0.15) is 0 Å². The van der Waals surface area contributed by atoms with Crippen molar-refractivity contribution in [2.45, 2.75) is 26.4 Å². The molecule has 0 atom stereocenters. The molecule has 0 saturated heterocycles. The zero-order valence-corrected chi connectivity index (χ0v) is 12.2. The molecule has 5 heteroatoms. The van der Waals surface area contributed by atoms with Crippen LogP contribution < -0.4 is 5.32 Å². The molecule has 16 heavy (non-hydrogen) atoms. The predicted octanol–water partition coefficient (Wildman–Crippen LogP) is 2.47. The van der Waals surface area contributed by atoms with E-state index < -0.39 is 0 Å². The number of carbonyl (C=O) groups is 1. The summed E-state index contributed by atoms with van der Waals surface area (Å²) in [6.45, 7) is 5.14. The third-order valence-corrected chi connectivity index (χ3v) is 3.78. The van der Waals surface area contributed by atoms with E-state index >= 15 is 0 Å². The van der Waals surface area contributed by atoms with E-state index in [4.69, 9.17) is 0 Å². The molecule has 0 aliphatic heterocycles. The molecular formula is C11H17BrN2OS. The summed E-state index contributed by atoms with van der Waals surface area (Å²) in [5.41, 5.74) is 0. The maximum absolute atomic E-state index is 11.7. The first-order valence-electron chi connectivity index (χ1n) is 5.19. The molecule has 0 fully saturated rings. The van der Waals surface area contributed by atoms with Crippen LogP contribution in [-0.4, -0.2) is 30.4 Å². The van der Waals surface area contributed by atoms with Crippen molar-refractivity contribution in [2.24, 2.45) is 0 Å². The Morgan fingerprint density at radius 1 is 1.62 bits per heavy atom. The highest BCUT2D eigenvalue weighted by atomic mass is 79.9. The van der Waals surface area contributed by atoms with Gasteiger partial charge in [0.15, 0.2) is 0 Å². The van der Waals surface area contributed by atoms with E-state index in [0.29, 0.717) is 19.1 Å². The lowest BCUT2D eigenvalue weighted by Gasteiger charge is -2.17. The minimum atomic E-state index is 0.123. The lowest BCUT2D eigenvalue weighted by atomic mass is 10.3. The molecule has 0 aromatic carbocycles. The summed E-state index contributed by atoms with van der Waals surface area (Å²) in [6.07, 6.45) is 0. The Morgan fingerprint density at radius 3 is 2.81 bits per heavy atom. The number of nitrogens with zero attached hydrogens (tertiary/aromatic N) is 1. The van der Waals surface area contributed by atoms with Crippen molar-refractivity contribution < 1.29 is 4.79 Å². The minimum Gasteiger partial charge on any atom is -0.340 e. The number of rotatable bonds is 5. The van der Waals surface area contributed by atoms with Crippen LogP contribution in [0.25, 0.3) is 0 Å². The van der Waals surface area contributed by atoms with Gasteiger partial charge >= 0.3 is 0 Å². The fourth-order valence-corrected chi connectivity index (χ4v) is 2.69. The lowest BCUT2D eigenvalue weighted by Crippen LogP contribution is -2.37. The summed E-state index contributed by atoms with van der Waals surface area (Å²) in [5, 5.41) is 5.15. The first-order valence-corrected chi connectivity index (χ1v) is 6.86. The van der Waals surface area contributed by atoms with Gasteiger partial charge in [-0.1, -0.05) is 13.8 Å². The summed E-state index contributed by atoms with van der Waals surface area (Å²) in [4.78, 5) is 14.6. The molecule has 0 bridgehead atoms. The molecule has 1 aromatic rings. The standard InChI is InChI=1S/C11H17BrN2OS/c1-8(2)13-5-11(15)14(3)6-10-4-9(12)7-16-10/h4,7-8,13H,5-6H2,1-3H3. The van der Waals surface area contributed by atoms with Gasteiger partial charge in [0.25, 0.3) is 0 Å². The second kappa shape index (κ2) is 6.37. The van der Waals surface area contributed by atoms with Crippen molar-refractivity contribution in [3.8, 4) is 0 Å². The second-order valence-electron chi connectivity index (χ2n) is 4.02. The molecule has 0 unspecified atom stereocenters. The Balaban J connectivity index is 2.39. The van der Waals surface area contributed by atoms with Crippen LogP contribution in [0.5, 0.6) is 0 Å². The lowest BCUT2D eigenvalue weighted by molar-refractivity contribution is -0.129. The summed E-state index contributed by atoms with van der Waals surface area (Å²) < 4.78 is 1.08. The maximum Gasteiger partial charge on any atom is 0.236 e. The maximum atomic E-state index is 11.7. The van der Waals surface area contributed by atoms with E-state index in [1.54, 1.807) is 16.2 Å². The van der Waals surface area contributed by atoms with E-state index in [1.807, 2.05) is 32.3 Å². The Bertz CT molecular complexity index is 352. The van der Waals surface area contributed by atoms with Gasteiger partial charge in [-0.05, 0) is 22.0 Å². The van der Waals surface area contributed by atoms with Gasteiger partial charge in [-0.2, -0.15) is 0 Å². The monoisotopic (exact) mass is 304 g/mol. The molecule has 0 aliphatic rings. The average molecular weight is 305 g/mol. The van der Waals surface area contributed by atoms with E-state index in [9.17, 15) is 4.79 Å². The van der Waals surface area contributed by atoms with Crippen LogP contribution in [-0.2, 0) is 11.3 Å². The van der Waals surface area contributed by atoms with Gasteiger partial charge in [-0.15, -0.1) is 11.3 Å². The Hall–Kier alpha value is -0.390. The van der Waals surface area contributed by atoms with E-state index in [0.717, 1.165) is 4.47 Å². The molecular weight excluding hydrogens is 288 g/mol. The molecule has 0 radical (unpaired) electrons. The molecule has 1 amide bonds. The molecule has 0 spiro atoms. The van der Waals surface area contributed by atoms with Crippen molar-refractivity contribution in [1.82, 2.24) is 10.2 Å². The van der Waals surface area contributed by atoms with Crippen LogP contribution in [0, 0.1) is 0 Å². The Morgan fingerprint density at radius 2 is 2.31 bits per heavy atom. The summed E-state index contributed by atoms with van der Waals surface area (Å²) in [5.74, 6) is 0.123. The summed E-state index contributed by atoms with van der Waals surface area (Å²) in [7, 11) is 1.83. The van der Waals surface area contributed by atoms with Crippen LogP contribution >= 0.6 is 27.3 Å². The third-order valence-electron chi connectivity index (χ3n) is 2.10. The normalized spacial score (nSPS) is 10.8. The fraction of sp³-hybridized carbons (Fsp3) is 0.545. The van der Waals surface area contributed by atoms with Crippen molar-refractivity contribution in [2.75, 3.05) is 13.6 Å². The molecule has 1 N–H and O–H groups in total. The van der Waals surface area contributed by atoms with Gasteiger partial charge in [0.2, 0.25) is 5.91 Å². The van der Waals surface area contributed by atoms with E-state index in [-0.39, 0.29) is 5.91 Å². The van der Waals surface area contributed by atoms with Gasteiger partial charge in [-0.3, -0.25) is 4.79 Å². The van der Waals surface area contributed by atoms with Crippen molar-refractivity contribution >= 4 is 33.2 Å². The van der Waals surface area contributed by atoms with Gasteiger partial charge in [-0.25, -0.2) is 0 Å². The highest BCUT2D eigenvalue weighted by Crippen LogP contribution is 2.20. The molecule has 0 aliphatic carbocycles. The van der Waals surface area contributed by atoms with Crippen LogP contribution in [0.3, 0.4) is 0 Å². The number of hydrogen-bond acceptors (Lipinski definition) is 3. The summed E-state index contributed by atoms with van der Waals surface area (Å²) in [6, 6.07) is 2.39. The fourth-order valence-electron chi connectivity index (χ4n) is 1.19. The number of halogens is 1. The van der Waals surface area contributed by atoms with Crippen molar-refractivity contribution in [3.05, 3.63) is 20.8 Å². The van der Waals surface area contributed by atoms with Crippen LogP contribution in [0.1, 0.15) is 18.7 Å². The van der Waals surface area contributed by atoms with Gasteiger partial charge in [0, 0.05) is 27.8 Å². The molecule has 0 saturated carbocycles. The molecule has 1 aromatic heterocycles. The minimum absolute atomic E-state index is 0.123. The smallest absolute Gasteiger partial charge is 0.236 e. The summed E-state index contributed by atoms with van der Waals surface area (Å²) >= 11 is 5.06. The third kappa shape index (κ3) is 4.63. The first-order chi connectivity index (χ1) is 7.49. The number of thiophene rings is 1. The number of hydrogen-bond donors (Lipinski definition) is 1. The predicted molar refractivity (Wildman–Crippen MR) is 71.6 cm³/mol. The highest BCUT2D eigenvalue weighted by Gasteiger charge is 2.10. The zero-order chi connectivity index (χ0) is 12.1. The number of amides is 1. The van der Waals surface area contributed by atoms with Crippen LogP contribution in [0.15, 0.2) is 15.9 Å². The second-order valence-corrected chi connectivity index (χ2v) is 5.93. The first kappa shape index (κ1) is 13.7. The van der Waals surface area contributed by atoms with Crippen molar-refractivity contribution in [3.63, 3.8) is 0 Å². The van der Waals surface area contributed by atoms with E-state index in [2.05, 4.69) is 21.2 Å². The largest absolute Gasteiger partial charge is 0.340 e. The number of likely N-dealkylation sites (N-methyl/N-ethyl adjacent to an activating group) is 1. The molecule has 1 rings (SSSR count). The van der Waals surface area contributed by atoms with Crippen molar-refractivity contribution in [1.29, 1.82) is 0 Å². The zero-order valence-electron chi connectivity index (χ0n) is 9.79. The molecule has 1 heterocycles.